The van der Waals surface area contributed by atoms with E-state index in [0.717, 1.165) is 22.9 Å². The number of sulfonamides is 1. The van der Waals surface area contributed by atoms with Crippen molar-refractivity contribution in [2.75, 3.05) is 11.9 Å². The first-order valence-corrected chi connectivity index (χ1v) is 9.80. The second-order valence-electron chi connectivity index (χ2n) is 6.24. The summed E-state index contributed by atoms with van der Waals surface area (Å²) in [6.07, 6.45) is 3.43. The SMILES string of the molecule is Cn1ccc(NC(=O)[C@@H]2CCCCN2S(=O)(=O)c2ccc([N+](=O)[O-])cc2)n1. The van der Waals surface area contributed by atoms with Gasteiger partial charge in [-0.3, -0.25) is 19.6 Å². The quantitative estimate of drug-likeness (QED) is 0.606. The summed E-state index contributed by atoms with van der Waals surface area (Å²) in [6.45, 7) is 0.208. The van der Waals surface area contributed by atoms with Gasteiger partial charge in [0.1, 0.15) is 6.04 Å². The Bertz CT molecular complexity index is 954. The lowest BCUT2D eigenvalue weighted by Gasteiger charge is -2.33. The molecule has 144 valence electrons. The van der Waals surface area contributed by atoms with Crippen molar-refractivity contribution in [3.8, 4) is 0 Å². The molecule has 0 radical (unpaired) electrons. The summed E-state index contributed by atoms with van der Waals surface area (Å²) in [5, 5.41) is 17.5. The van der Waals surface area contributed by atoms with Crippen LogP contribution < -0.4 is 5.32 Å². The molecule has 27 heavy (non-hydrogen) atoms. The van der Waals surface area contributed by atoms with Crippen LogP contribution in [-0.4, -0.2) is 45.9 Å². The number of nitro benzene ring substituents is 1. The molecule has 1 saturated heterocycles. The van der Waals surface area contributed by atoms with Crippen LogP contribution in [0.5, 0.6) is 0 Å². The fraction of sp³-hybridized carbons (Fsp3) is 0.375. The zero-order chi connectivity index (χ0) is 19.6. The normalized spacial score (nSPS) is 18.2. The molecule has 0 spiro atoms. The van der Waals surface area contributed by atoms with Crippen molar-refractivity contribution in [3.05, 3.63) is 46.6 Å². The minimum Gasteiger partial charge on any atom is -0.308 e. The first-order valence-electron chi connectivity index (χ1n) is 8.36. The zero-order valence-electron chi connectivity index (χ0n) is 14.6. The van der Waals surface area contributed by atoms with E-state index in [-0.39, 0.29) is 17.1 Å². The van der Waals surface area contributed by atoms with Gasteiger partial charge in [0.25, 0.3) is 5.69 Å². The van der Waals surface area contributed by atoms with Crippen LogP contribution in [0.1, 0.15) is 19.3 Å². The number of amides is 1. The number of hydrogen-bond acceptors (Lipinski definition) is 6. The Morgan fingerprint density at radius 1 is 1.26 bits per heavy atom. The number of rotatable bonds is 5. The summed E-state index contributed by atoms with van der Waals surface area (Å²) < 4.78 is 28.7. The highest BCUT2D eigenvalue weighted by molar-refractivity contribution is 7.89. The first-order chi connectivity index (χ1) is 12.8. The number of nitro groups is 1. The van der Waals surface area contributed by atoms with E-state index in [1.54, 1.807) is 19.3 Å². The molecule has 3 rings (SSSR count). The lowest BCUT2D eigenvalue weighted by atomic mass is 10.0. The van der Waals surface area contributed by atoms with E-state index in [1.165, 1.54) is 16.8 Å². The molecule has 1 N–H and O–H groups in total. The number of piperidine rings is 1. The summed E-state index contributed by atoms with van der Waals surface area (Å²) in [5.74, 6) is -0.0976. The lowest BCUT2D eigenvalue weighted by Crippen LogP contribution is -2.49. The maximum Gasteiger partial charge on any atom is 0.269 e. The Labute approximate surface area is 156 Å². The topological polar surface area (TPSA) is 127 Å². The molecule has 1 aromatic carbocycles. The van der Waals surface area contributed by atoms with Crippen molar-refractivity contribution in [3.63, 3.8) is 0 Å². The van der Waals surface area contributed by atoms with Crippen LogP contribution in [0, 0.1) is 10.1 Å². The number of aryl methyl sites for hydroxylation is 1. The van der Waals surface area contributed by atoms with Gasteiger partial charge in [0.2, 0.25) is 15.9 Å². The van der Waals surface area contributed by atoms with Crippen molar-refractivity contribution in [2.24, 2.45) is 7.05 Å². The summed E-state index contributed by atoms with van der Waals surface area (Å²) in [7, 11) is -2.25. The molecule has 2 aromatic rings. The average Bonchev–Trinajstić information content (AvgIpc) is 3.06. The number of aromatic nitrogens is 2. The smallest absolute Gasteiger partial charge is 0.269 e. The minimum atomic E-state index is -3.96. The van der Waals surface area contributed by atoms with Crippen LogP contribution in [0.25, 0.3) is 0 Å². The van der Waals surface area contributed by atoms with E-state index in [9.17, 15) is 23.3 Å². The third kappa shape index (κ3) is 3.98. The van der Waals surface area contributed by atoms with Gasteiger partial charge in [0.15, 0.2) is 5.82 Å². The fourth-order valence-corrected chi connectivity index (χ4v) is 4.68. The van der Waals surface area contributed by atoms with Crippen molar-refractivity contribution < 1.29 is 18.1 Å². The number of nitrogens with one attached hydrogen (secondary N) is 1. The summed E-state index contributed by atoms with van der Waals surface area (Å²) in [6, 6.07) is 5.42. The van der Waals surface area contributed by atoms with Crippen molar-refractivity contribution in [1.29, 1.82) is 0 Å². The molecule has 0 saturated carbocycles. The second kappa shape index (κ2) is 7.45. The third-order valence-electron chi connectivity index (χ3n) is 4.38. The molecule has 0 bridgehead atoms. The number of carbonyl (C=O) groups excluding carboxylic acids is 1. The van der Waals surface area contributed by atoms with Crippen molar-refractivity contribution in [2.45, 2.75) is 30.2 Å². The van der Waals surface area contributed by atoms with E-state index >= 15 is 0 Å². The van der Waals surface area contributed by atoms with Crippen molar-refractivity contribution in [1.82, 2.24) is 14.1 Å². The Kier molecular flexibility index (Phi) is 5.24. The molecule has 10 nitrogen and oxygen atoms in total. The standard InChI is InChI=1S/C16H19N5O5S/c1-19-11-9-15(18-19)17-16(22)14-4-2-3-10-20(14)27(25,26)13-7-5-12(6-8-13)21(23)24/h5-9,11,14H,2-4,10H2,1H3,(H,17,18,22)/t14-/m0/s1. The molecule has 2 heterocycles. The predicted molar refractivity (Wildman–Crippen MR) is 96.5 cm³/mol. The van der Waals surface area contributed by atoms with Gasteiger partial charge in [-0.1, -0.05) is 6.42 Å². The highest BCUT2D eigenvalue weighted by Crippen LogP contribution is 2.27. The van der Waals surface area contributed by atoms with Gasteiger partial charge in [-0.25, -0.2) is 8.42 Å². The first kappa shape index (κ1) is 19.0. The van der Waals surface area contributed by atoms with Gasteiger partial charge in [-0.2, -0.15) is 9.40 Å². The summed E-state index contributed by atoms with van der Waals surface area (Å²) in [4.78, 5) is 22.7. The zero-order valence-corrected chi connectivity index (χ0v) is 15.4. The summed E-state index contributed by atoms with van der Waals surface area (Å²) >= 11 is 0. The fourth-order valence-electron chi connectivity index (χ4n) is 3.02. The van der Waals surface area contributed by atoms with Gasteiger partial charge in [0.05, 0.1) is 9.82 Å². The van der Waals surface area contributed by atoms with Crippen molar-refractivity contribution >= 4 is 27.4 Å². The number of carbonyl (C=O) groups is 1. The van der Waals surface area contributed by atoms with Gasteiger partial charge < -0.3 is 5.32 Å². The van der Waals surface area contributed by atoms with Crippen LogP contribution in [0.15, 0.2) is 41.4 Å². The van der Waals surface area contributed by atoms with E-state index in [1.807, 2.05) is 0 Å². The molecule has 0 unspecified atom stereocenters. The molecule has 1 atom stereocenters. The van der Waals surface area contributed by atoms with E-state index in [2.05, 4.69) is 10.4 Å². The molecule has 1 aliphatic rings. The molecule has 1 aromatic heterocycles. The Balaban J connectivity index is 1.84. The molecular formula is C16H19N5O5S. The van der Waals surface area contributed by atoms with Crippen LogP contribution >= 0.6 is 0 Å². The Morgan fingerprint density at radius 2 is 1.96 bits per heavy atom. The Hall–Kier alpha value is -2.79. The third-order valence-corrected chi connectivity index (χ3v) is 6.30. The van der Waals surface area contributed by atoms with E-state index in [4.69, 9.17) is 0 Å². The largest absolute Gasteiger partial charge is 0.308 e. The van der Waals surface area contributed by atoms with Gasteiger partial charge in [-0.15, -0.1) is 0 Å². The van der Waals surface area contributed by atoms with Crippen LogP contribution in [-0.2, 0) is 21.9 Å². The minimum absolute atomic E-state index is 0.0781. The van der Waals surface area contributed by atoms with Crippen LogP contribution in [0.4, 0.5) is 11.5 Å². The molecule has 1 fully saturated rings. The monoisotopic (exact) mass is 393 g/mol. The number of hydrogen-bond donors (Lipinski definition) is 1. The van der Waals surface area contributed by atoms with Gasteiger partial charge in [0, 0.05) is 38.0 Å². The Morgan fingerprint density at radius 3 is 2.56 bits per heavy atom. The van der Waals surface area contributed by atoms with E-state index < -0.39 is 26.9 Å². The molecule has 11 heteroatoms. The number of nitrogens with zero attached hydrogens (tertiary/aromatic N) is 4. The van der Waals surface area contributed by atoms with Crippen LogP contribution in [0.2, 0.25) is 0 Å². The van der Waals surface area contributed by atoms with E-state index in [0.29, 0.717) is 18.7 Å². The molecule has 1 aliphatic heterocycles. The van der Waals surface area contributed by atoms with Gasteiger partial charge >= 0.3 is 0 Å². The maximum atomic E-state index is 13.0. The second-order valence-corrected chi connectivity index (χ2v) is 8.13. The number of anilines is 1. The molecule has 1 amide bonds. The highest BCUT2D eigenvalue weighted by Gasteiger charge is 2.38. The summed E-state index contributed by atoms with van der Waals surface area (Å²) in [5.41, 5.74) is -0.197. The highest BCUT2D eigenvalue weighted by atomic mass is 32.2. The van der Waals surface area contributed by atoms with Gasteiger partial charge in [-0.05, 0) is 25.0 Å². The van der Waals surface area contributed by atoms with Crippen LogP contribution in [0.3, 0.4) is 0 Å². The average molecular weight is 393 g/mol. The molecule has 0 aliphatic carbocycles. The number of non-ortho nitro benzene ring substituents is 1. The predicted octanol–water partition coefficient (Wildman–Crippen LogP) is 1.51. The lowest BCUT2D eigenvalue weighted by molar-refractivity contribution is -0.384. The molecular weight excluding hydrogens is 374 g/mol. The number of benzene rings is 1. The maximum absolute atomic E-state index is 13.0.